The molecule has 0 unspecified atom stereocenters. The van der Waals surface area contributed by atoms with Gasteiger partial charge in [-0.05, 0) is 62.1 Å². The minimum absolute atomic E-state index is 0.0779. The molecule has 2 aliphatic rings. The van der Waals surface area contributed by atoms with Gasteiger partial charge in [-0.1, -0.05) is 43.0 Å². The van der Waals surface area contributed by atoms with Gasteiger partial charge in [0.15, 0.2) is 5.82 Å². The summed E-state index contributed by atoms with van der Waals surface area (Å²) in [6.07, 6.45) is 11.1. The summed E-state index contributed by atoms with van der Waals surface area (Å²) in [6, 6.07) is 8.29. The van der Waals surface area contributed by atoms with Crippen LogP contribution in [0.15, 0.2) is 28.8 Å². The minimum Gasteiger partial charge on any atom is -0.497 e. The number of benzene rings is 1. The summed E-state index contributed by atoms with van der Waals surface area (Å²) in [5.74, 6) is 2.64. The molecule has 8 nitrogen and oxygen atoms in total. The number of aryl methyl sites for hydroxylation is 2. The highest BCUT2D eigenvalue weighted by Crippen LogP contribution is 2.34. The Labute approximate surface area is 214 Å². The molecule has 36 heavy (non-hydrogen) atoms. The number of nitrogens with zero attached hydrogens (tertiary/aromatic N) is 3. The van der Waals surface area contributed by atoms with Crippen molar-refractivity contribution in [3.63, 3.8) is 0 Å². The van der Waals surface area contributed by atoms with Crippen LogP contribution in [0.4, 0.5) is 0 Å². The van der Waals surface area contributed by atoms with Gasteiger partial charge in [-0.2, -0.15) is 4.98 Å². The standard InChI is InChI=1S/C28H40N4O4/c1-21(33)30-28(17-5-3-4-6-18-28)27-29-25(36-31-27)13-14-26(34)32-19-15-23(16-20-32)8-7-22-9-11-24(35-2)12-10-22/h9-12,23H,3-8,13-20H2,1-2H3,(H,30,33). The van der Waals surface area contributed by atoms with E-state index in [9.17, 15) is 9.59 Å². The molecule has 1 N–H and O–H groups in total. The van der Waals surface area contributed by atoms with Crippen LogP contribution >= 0.6 is 0 Å². The Bertz CT molecular complexity index is 987. The quantitative estimate of drug-likeness (QED) is 0.511. The fourth-order valence-electron chi connectivity index (χ4n) is 5.63. The van der Waals surface area contributed by atoms with E-state index in [4.69, 9.17) is 9.26 Å². The summed E-state index contributed by atoms with van der Waals surface area (Å²) in [7, 11) is 1.69. The number of ether oxygens (including phenoxy) is 1. The highest BCUT2D eigenvalue weighted by molar-refractivity contribution is 5.76. The Hall–Kier alpha value is -2.90. The molecular formula is C28H40N4O4. The Balaban J connectivity index is 1.23. The first-order valence-electron chi connectivity index (χ1n) is 13.5. The van der Waals surface area contributed by atoms with Crippen molar-refractivity contribution in [2.45, 2.75) is 89.5 Å². The van der Waals surface area contributed by atoms with Crippen molar-refractivity contribution in [3.05, 3.63) is 41.5 Å². The van der Waals surface area contributed by atoms with E-state index in [0.29, 0.717) is 30.5 Å². The van der Waals surface area contributed by atoms with Crippen LogP contribution in [0.25, 0.3) is 0 Å². The highest BCUT2D eigenvalue weighted by Gasteiger charge is 2.38. The van der Waals surface area contributed by atoms with E-state index in [1.165, 1.54) is 12.5 Å². The average Bonchev–Trinajstić information content (AvgIpc) is 3.26. The largest absolute Gasteiger partial charge is 0.497 e. The van der Waals surface area contributed by atoms with Crippen LogP contribution in [0.5, 0.6) is 5.75 Å². The number of piperidine rings is 1. The molecule has 4 rings (SSSR count). The number of nitrogens with one attached hydrogen (secondary N) is 1. The molecule has 1 aliphatic heterocycles. The van der Waals surface area contributed by atoms with Crippen molar-refractivity contribution in [1.29, 1.82) is 0 Å². The summed E-state index contributed by atoms with van der Waals surface area (Å²) < 4.78 is 10.7. The molecule has 0 radical (unpaired) electrons. The molecule has 2 heterocycles. The number of aromatic nitrogens is 2. The lowest BCUT2D eigenvalue weighted by Crippen LogP contribution is -2.45. The van der Waals surface area contributed by atoms with Gasteiger partial charge >= 0.3 is 0 Å². The molecule has 196 valence electrons. The van der Waals surface area contributed by atoms with Crippen LogP contribution < -0.4 is 10.1 Å². The zero-order valence-electron chi connectivity index (χ0n) is 21.8. The Kier molecular flexibility index (Phi) is 8.99. The summed E-state index contributed by atoms with van der Waals surface area (Å²) >= 11 is 0. The Morgan fingerprint density at radius 2 is 1.78 bits per heavy atom. The fourth-order valence-corrected chi connectivity index (χ4v) is 5.63. The number of methoxy groups -OCH3 is 1. The van der Waals surface area contributed by atoms with Gasteiger partial charge < -0.3 is 19.5 Å². The summed E-state index contributed by atoms with van der Waals surface area (Å²) in [5, 5.41) is 7.34. The predicted molar refractivity (Wildman–Crippen MR) is 136 cm³/mol. The molecule has 2 amide bonds. The third-order valence-electron chi connectivity index (χ3n) is 7.79. The Morgan fingerprint density at radius 1 is 1.08 bits per heavy atom. The first kappa shape index (κ1) is 26.2. The van der Waals surface area contributed by atoms with Gasteiger partial charge in [-0.25, -0.2) is 0 Å². The first-order chi connectivity index (χ1) is 17.5. The number of carbonyl (C=O) groups is 2. The molecule has 1 aromatic carbocycles. The second-order valence-electron chi connectivity index (χ2n) is 10.4. The van der Waals surface area contributed by atoms with E-state index >= 15 is 0 Å². The molecule has 1 saturated heterocycles. The molecule has 8 heteroatoms. The molecule has 2 fully saturated rings. The Morgan fingerprint density at radius 3 is 2.42 bits per heavy atom. The number of hydrogen-bond donors (Lipinski definition) is 1. The molecule has 0 spiro atoms. The van der Waals surface area contributed by atoms with Crippen molar-refractivity contribution in [2.24, 2.45) is 5.92 Å². The van der Waals surface area contributed by atoms with Crippen molar-refractivity contribution in [3.8, 4) is 5.75 Å². The SMILES string of the molecule is COc1ccc(CCC2CCN(C(=O)CCc3nc(C4(NC(C)=O)CCCCCC4)no3)CC2)cc1. The molecular weight excluding hydrogens is 456 g/mol. The normalized spacial score (nSPS) is 18.4. The monoisotopic (exact) mass is 496 g/mol. The third kappa shape index (κ3) is 6.86. The zero-order chi connectivity index (χ0) is 25.4. The van der Waals surface area contributed by atoms with Crippen LogP contribution in [0.2, 0.25) is 0 Å². The molecule has 0 bridgehead atoms. The zero-order valence-corrected chi connectivity index (χ0v) is 21.8. The molecule has 2 aromatic rings. The van der Waals surface area contributed by atoms with E-state index in [1.807, 2.05) is 17.0 Å². The average molecular weight is 497 g/mol. The first-order valence-corrected chi connectivity index (χ1v) is 13.5. The topological polar surface area (TPSA) is 97.6 Å². The number of likely N-dealkylation sites (tertiary alicyclic amines) is 1. The van der Waals surface area contributed by atoms with Crippen molar-refractivity contribution < 1.29 is 18.8 Å². The third-order valence-corrected chi connectivity index (χ3v) is 7.79. The molecule has 1 aromatic heterocycles. The van der Waals surface area contributed by atoms with Crippen LogP contribution in [0.1, 0.15) is 88.4 Å². The van der Waals surface area contributed by atoms with Crippen LogP contribution in [-0.4, -0.2) is 47.1 Å². The van der Waals surface area contributed by atoms with E-state index < -0.39 is 5.54 Å². The van der Waals surface area contributed by atoms with Gasteiger partial charge in [0.1, 0.15) is 11.3 Å². The van der Waals surface area contributed by atoms with Crippen molar-refractivity contribution >= 4 is 11.8 Å². The highest BCUT2D eigenvalue weighted by atomic mass is 16.5. The lowest BCUT2D eigenvalue weighted by atomic mass is 9.89. The second kappa shape index (κ2) is 12.4. The maximum atomic E-state index is 12.8. The molecule has 0 atom stereocenters. The maximum Gasteiger partial charge on any atom is 0.227 e. The summed E-state index contributed by atoms with van der Waals surface area (Å²) in [5.41, 5.74) is 0.777. The van der Waals surface area contributed by atoms with Gasteiger partial charge in [-0.3, -0.25) is 9.59 Å². The van der Waals surface area contributed by atoms with Gasteiger partial charge in [-0.15, -0.1) is 0 Å². The van der Waals surface area contributed by atoms with Crippen molar-refractivity contribution in [1.82, 2.24) is 20.4 Å². The van der Waals surface area contributed by atoms with Crippen LogP contribution in [-0.2, 0) is 28.0 Å². The number of carbonyl (C=O) groups excluding carboxylic acids is 2. The van der Waals surface area contributed by atoms with Crippen molar-refractivity contribution in [2.75, 3.05) is 20.2 Å². The number of hydrogen-bond acceptors (Lipinski definition) is 6. The van der Waals surface area contributed by atoms with E-state index in [0.717, 1.165) is 83.0 Å². The second-order valence-corrected chi connectivity index (χ2v) is 10.4. The van der Waals surface area contributed by atoms with Gasteiger partial charge in [0, 0.05) is 32.9 Å². The number of rotatable bonds is 9. The van der Waals surface area contributed by atoms with Gasteiger partial charge in [0.05, 0.1) is 7.11 Å². The maximum absolute atomic E-state index is 12.8. The van der Waals surface area contributed by atoms with Crippen LogP contribution in [0.3, 0.4) is 0 Å². The smallest absolute Gasteiger partial charge is 0.227 e. The van der Waals surface area contributed by atoms with E-state index in [2.05, 4.69) is 27.6 Å². The van der Waals surface area contributed by atoms with Gasteiger partial charge in [0.25, 0.3) is 0 Å². The molecule has 1 aliphatic carbocycles. The lowest BCUT2D eigenvalue weighted by molar-refractivity contribution is -0.132. The van der Waals surface area contributed by atoms with E-state index in [1.54, 1.807) is 7.11 Å². The molecule has 1 saturated carbocycles. The van der Waals surface area contributed by atoms with Crippen LogP contribution in [0, 0.1) is 5.92 Å². The predicted octanol–water partition coefficient (Wildman–Crippen LogP) is 4.57. The minimum atomic E-state index is -0.554. The fraction of sp³-hybridized carbons (Fsp3) is 0.643. The summed E-state index contributed by atoms with van der Waals surface area (Å²) in [4.78, 5) is 31.4. The summed E-state index contributed by atoms with van der Waals surface area (Å²) in [6.45, 7) is 3.16. The lowest BCUT2D eigenvalue weighted by Gasteiger charge is -2.32. The van der Waals surface area contributed by atoms with Gasteiger partial charge in [0.2, 0.25) is 17.7 Å². The van der Waals surface area contributed by atoms with E-state index in [-0.39, 0.29) is 11.8 Å². The number of amides is 2.